The Hall–Kier alpha value is -2.34. The van der Waals surface area contributed by atoms with Crippen LogP contribution < -0.4 is 5.32 Å². The van der Waals surface area contributed by atoms with E-state index in [0.717, 1.165) is 0 Å². The minimum atomic E-state index is -4.57. The van der Waals surface area contributed by atoms with Gasteiger partial charge in [0.15, 0.2) is 6.61 Å². The van der Waals surface area contributed by atoms with E-state index in [4.69, 9.17) is 0 Å². The number of aryl methyl sites for hydroxylation is 1. The molecule has 0 saturated heterocycles. The largest absolute Gasteiger partial charge is 0.440 e. The van der Waals surface area contributed by atoms with Gasteiger partial charge in [0, 0.05) is 5.69 Å². The second kappa shape index (κ2) is 6.01. The van der Waals surface area contributed by atoms with Gasteiger partial charge < -0.3 is 4.74 Å². The lowest BCUT2D eigenvalue weighted by molar-refractivity contribution is -0.159. The zero-order valence-corrected chi connectivity index (χ0v) is 9.75. The smallest absolute Gasteiger partial charge is 0.422 e. The molecule has 1 N–H and O–H groups in total. The van der Waals surface area contributed by atoms with E-state index in [2.05, 4.69) is 15.0 Å². The predicted molar refractivity (Wildman–Crippen MR) is 60.0 cm³/mol. The maximum atomic E-state index is 11.8. The van der Waals surface area contributed by atoms with Crippen LogP contribution in [0.15, 0.2) is 23.2 Å². The molecule has 0 atom stereocenters. The van der Waals surface area contributed by atoms with Crippen LogP contribution in [0.3, 0.4) is 0 Å². The Balaban J connectivity index is 2.65. The van der Waals surface area contributed by atoms with Gasteiger partial charge in [0.1, 0.15) is 0 Å². The number of halogens is 3. The average molecular weight is 274 g/mol. The molecule has 0 spiro atoms. The number of carbonyl (C=O) groups is 1. The fourth-order valence-electron chi connectivity index (χ4n) is 1.21. The van der Waals surface area contributed by atoms with Crippen LogP contribution in [-0.2, 0) is 9.53 Å². The molecule has 1 amide bonds. The number of amides is 1. The number of hydrogen-bond acceptors (Lipinski definition) is 4. The zero-order valence-electron chi connectivity index (χ0n) is 9.75. The summed E-state index contributed by atoms with van der Waals surface area (Å²) in [5.41, 5.74) is 1.13. The molecule has 102 valence electrons. The van der Waals surface area contributed by atoms with E-state index < -0.39 is 18.9 Å². The second-order valence-corrected chi connectivity index (χ2v) is 3.52. The van der Waals surface area contributed by atoms with E-state index in [1.54, 1.807) is 6.92 Å². The molecule has 1 rings (SSSR count). The summed E-state index contributed by atoms with van der Waals surface area (Å²) in [6.45, 7) is -0.0479. The van der Waals surface area contributed by atoms with Crippen molar-refractivity contribution in [1.29, 1.82) is 0 Å². The third-order valence-corrected chi connectivity index (χ3v) is 1.98. The molecule has 1 aromatic rings. The van der Waals surface area contributed by atoms with Crippen LogP contribution in [0.1, 0.15) is 5.56 Å². The van der Waals surface area contributed by atoms with Crippen LogP contribution in [0.5, 0.6) is 0 Å². The number of anilines is 1. The molecule has 0 saturated carbocycles. The summed E-state index contributed by atoms with van der Waals surface area (Å²) in [7, 11) is 0. The van der Waals surface area contributed by atoms with Crippen molar-refractivity contribution in [2.24, 2.45) is 4.99 Å². The first-order valence-corrected chi connectivity index (χ1v) is 5.01. The van der Waals surface area contributed by atoms with Gasteiger partial charge in [0.05, 0.1) is 5.69 Å². The number of nitrogens with one attached hydrogen (secondary N) is 1. The molecule has 19 heavy (non-hydrogen) atoms. The first-order chi connectivity index (χ1) is 8.81. The number of nitrogens with zero attached hydrogens (tertiary/aromatic N) is 1. The average Bonchev–Trinajstić information content (AvgIpc) is 2.29. The summed E-state index contributed by atoms with van der Waals surface area (Å²) in [5, 5.41) is 2.12. The molecule has 0 fully saturated rings. The number of alkyl halides is 3. The number of rotatable bonds is 3. The van der Waals surface area contributed by atoms with Crippen LogP contribution >= 0.6 is 0 Å². The minimum absolute atomic E-state index is 0.231. The van der Waals surface area contributed by atoms with Crippen molar-refractivity contribution in [3.8, 4) is 0 Å². The molecule has 0 bridgehead atoms. The van der Waals surface area contributed by atoms with Crippen LogP contribution in [0, 0.1) is 6.92 Å². The van der Waals surface area contributed by atoms with Crippen molar-refractivity contribution in [2.75, 3.05) is 11.9 Å². The second-order valence-electron chi connectivity index (χ2n) is 3.52. The molecule has 0 aliphatic rings. The standard InChI is InChI=1S/C11H9F3N2O3/c1-7-4-8(2-3-9(7)15-6-17)16-10(18)19-5-11(12,13)14/h2-4H,5H2,1H3,(H,16,18). The van der Waals surface area contributed by atoms with Gasteiger partial charge in [-0.05, 0) is 30.7 Å². The molecule has 8 heteroatoms. The Bertz CT molecular complexity index is 522. The molecule has 0 aromatic heterocycles. The van der Waals surface area contributed by atoms with Gasteiger partial charge >= 0.3 is 12.3 Å². The maximum Gasteiger partial charge on any atom is 0.422 e. The molecule has 1 aromatic carbocycles. The maximum absolute atomic E-state index is 11.8. The number of isocyanates is 1. The van der Waals surface area contributed by atoms with Crippen molar-refractivity contribution in [2.45, 2.75) is 13.1 Å². The van der Waals surface area contributed by atoms with Crippen LogP contribution in [0.4, 0.5) is 29.3 Å². The lowest BCUT2D eigenvalue weighted by Gasteiger charge is -2.09. The molecule has 5 nitrogen and oxygen atoms in total. The van der Waals surface area contributed by atoms with E-state index >= 15 is 0 Å². The topological polar surface area (TPSA) is 67.8 Å². The summed E-state index contributed by atoms with van der Waals surface area (Å²) in [6, 6.07) is 4.22. The fraction of sp³-hybridized carbons (Fsp3) is 0.273. The lowest BCUT2D eigenvalue weighted by atomic mass is 10.2. The highest BCUT2D eigenvalue weighted by Gasteiger charge is 2.29. The molecule has 0 unspecified atom stereocenters. The van der Waals surface area contributed by atoms with Crippen molar-refractivity contribution in [3.63, 3.8) is 0 Å². The monoisotopic (exact) mass is 274 g/mol. The fourth-order valence-corrected chi connectivity index (χ4v) is 1.21. The van der Waals surface area contributed by atoms with Crippen molar-refractivity contribution in [1.82, 2.24) is 0 Å². The molecular weight excluding hydrogens is 265 g/mol. The lowest BCUT2D eigenvalue weighted by Crippen LogP contribution is -2.23. The number of ether oxygens (including phenoxy) is 1. The Morgan fingerprint density at radius 2 is 2.16 bits per heavy atom. The zero-order chi connectivity index (χ0) is 14.5. The van der Waals surface area contributed by atoms with Crippen LogP contribution in [0.2, 0.25) is 0 Å². The van der Waals surface area contributed by atoms with E-state index in [1.807, 2.05) is 0 Å². The summed E-state index contributed by atoms with van der Waals surface area (Å²) in [5.74, 6) is 0. The molecule has 0 heterocycles. The molecule has 0 aliphatic carbocycles. The number of hydrogen-bond donors (Lipinski definition) is 1. The quantitative estimate of drug-likeness (QED) is 0.680. The molecule has 0 radical (unpaired) electrons. The third-order valence-electron chi connectivity index (χ3n) is 1.98. The summed E-state index contributed by atoms with van der Waals surface area (Å²) >= 11 is 0. The first-order valence-electron chi connectivity index (χ1n) is 5.01. The van der Waals surface area contributed by atoms with Gasteiger partial charge in [0.2, 0.25) is 6.08 Å². The van der Waals surface area contributed by atoms with Crippen molar-refractivity contribution >= 4 is 23.5 Å². The highest BCUT2D eigenvalue weighted by atomic mass is 19.4. The number of benzene rings is 1. The van der Waals surface area contributed by atoms with Crippen LogP contribution in [-0.4, -0.2) is 25.0 Å². The van der Waals surface area contributed by atoms with E-state index in [-0.39, 0.29) is 5.69 Å². The van der Waals surface area contributed by atoms with E-state index in [1.165, 1.54) is 24.3 Å². The third kappa shape index (κ3) is 5.22. The summed E-state index contributed by atoms with van der Waals surface area (Å²) < 4.78 is 39.4. The normalized spacial score (nSPS) is 10.5. The Morgan fingerprint density at radius 1 is 1.47 bits per heavy atom. The van der Waals surface area contributed by atoms with Crippen molar-refractivity contribution in [3.05, 3.63) is 23.8 Å². The molecular formula is C11H9F3N2O3. The molecule has 0 aliphatic heterocycles. The number of aliphatic imine (C=N–C) groups is 1. The number of carbonyl (C=O) groups excluding carboxylic acids is 2. The summed E-state index contributed by atoms with van der Waals surface area (Å²) in [4.78, 5) is 24.5. The highest BCUT2D eigenvalue weighted by Crippen LogP contribution is 2.22. The van der Waals surface area contributed by atoms with Gasteiger partial charge in [-0.3, -0.25) is 5.32 Å². The van der Waals surface area contributed by atoms with Gasteiger partial charge in [-0.15, -0.1) is 0 Å². The Morgan fingerprint density at radius 3 is 2.68 bits per heavy atom. The highest BCUT2D eigenvalue weighted by molar-refractivity contribution is 5.85. The predicted octanol–water partition coefficient (Wildman–Crippen LogP) is 3.07. The Kier molecular flexibility index (Phi) is 4.66. The SMILES string of the molecule is Cc1cc(NC(=O)OCC(F)(F)F)ccc1N=C=O. The Labute approximate surface area is 106 Å². The van der Waals surface area contributed by atoms with Crippen molar-refractivity contribution < 1.29 is 27.5 Å². The van der Waals surface area contributed by atoms with Gasteiger partial charge in [-0.25, -0.2) is 9.59 Å². The van der Waals surface area contributed by atoms with E-state index in [9.17, 15) is 22.8 Å². The van der Waals surface area contributed by atoms with Gasteiger partial charge in [0.25, 0.3) is 0 Å². The minimum Gasteiger partial charge on any atom is -0.440 e. The van der Waals surface area contributed by atoms with Gasteiger partial charge in [-0.1, -0.05) is 0 Å². The van der Waals surface area contributed by atoms with Gasteiger partial charge in [-0.2, -0.15) is 18.2 Å². The van der Waals surface area contributed by atoms with E-state index in [0.29, 0.717) is 11.3 Å². The van der Waals surface area contributed by atoms with Crippen LogP contribution in [0.25, 0.3) is 0 Å². The first kappa shape index (κ1) is 14.7. The summed E-state index contributed by atoms with van der Waals surface area (Å²) in [6.07, 6.45) is -4.43.